The van der Waals surface area contributed by atoms with Gasteiger partial charge in [-0.2, -0.15) is 0 Å². The third-order valence-electron chi connectivity index (χ3n) is 3.21. The summed E-state index contributed by atoms with van der Waals surface area (Å²) in [7, 11) is 0. The van der Waals surface area contributed by atoms with Gasteiger partial charge in [0, 0.05) is 12.6 Å². The molecule has 1 saturated carbocycles. The molecule has 1 aliphatic carbocycles. The summed E-state index contributed by atoms with van der Waals surface area (Å²) in [4.78, 5) is 0. The molecule has 0 aromatic carbocycles. The third-order valence-corrected chi connectivity index (χ3v) is 3.21. The molecule has 1 atom stereocenters. The standard InChI is InChI=1S/C14H29NO/c1-3-4-5-6-7-12-16-13(2)10-11-15-14-8-9-14/h13-15H,3-12H2,1-2H3. The molecule has 1 fully saturated rings. The first-order chi connectivity index (χ1) is 7.83. The van der Waals surface area contributed by atoms with Crippen molar-refractivity contribution in [2.45, 2.75) is 77.4 Å². The molecule has 16 heavy (non-hydrogen) atoms. The van der Waals surface area contributed by atoms with E-state index in [9.17, 15) is 0 Å². The maximum Gasteiger partial charge on any atom is 0.0559 e. The van der Waals surface area contributed by atoms with E-state index in [2.05, 4.69) is 19.2 Å². The molecule has 0 aliphatic heterocycles. The quantitative estimate of drug-likeness (QED) is 0.545. The minimum Gasteiger partial charge on any atom is -0.378 e. The van der Waals surface area contributed by atoms with Crippen LogP contribution in [0.1, 0.15) is 65.2 Å². The minimum atomic E-state index is 0.428. The molecule has 96 valence electrons. The molecule has 1 unspecified atom stereocenters. The SMILES string of the molecule is CCCCCCCOC(C)CCNC1CC1. The highest BCUT2D eigenvalue weighted by Gasteiger charge is 2.19. The fraction of sp³-hybridized carbons (Fsp3) is 1.00. The van der Waals surface area contributed by atoms with Crippen LogP contribution in [0.5, 0.6) is 0 Å². The zero-order valence-electron chi connectivity index (χ0n) is 11.1. The van der Waals surface area contributed by atoms with Crippen LogP contribution in [-0.4, -0.2) is 25.3 Å². The van der Waals surface area contributed by atoms with E-state index >= 15 is 0 Å². The largest absolute Gasteiger partial charge is 0.378 e. The van der Waals surface area contributed by atoms with Gasteiger partial charge < -0.3 is 10.1 Å². The van der Waals surface area contributed by atoms with Crippen LogP contribution in [0.4, 0.5) is 0 Å². The highest BCUT2D eigenvalue weighted by molar-refractivity contribution is 4.80. The topological polar surface area (TPSA) is 21.3 Å². The highest BCUT2D eigenvalue weighted by atomic mass is 16.5. The number of ether oxygens (including phenoxy) is 1. The van der Waals surface area contributed by atoms with Gasteiger partial charge in [0.15, 0.2) is 0 Å². The zero-order valence-corrected chi connectivity index (χ0v) is 11.1. The zero-order chi connectivity index (χ0) is 11.6. The molecule has 1 N–H and O–H groups in total. The van der Waals surface area contributed by atoms with Crippen LogP contribution in [0, 0.1) is 0 Å². The molecule has 0 bridgehead atoms. The number of nitrogens with one attached hydrogen (secondary N) is 1. The maximum absolute atomic E-state index is 5.78. The van der Waals surface area contributed by atoms with Crippen LogP contribution < -0.4 is 5.32 Å². The summed E-state index contributed by atoms with van der Waals surface area (Å²) in [5, 5.41) is 3.53. The molecule has 0 amide bonds. The van der Waals surface area contributed by atoms with Gasteiger partial charge in [0.05, 0.1) is 6.10 Å². The summed E-state index contributed by atoms with van der Waals surface area (Å²) >= 11 is 0. The first-order valence-electron chi connectivity index (χ1n) is 7.18. The van der Waals surface area contributed by atoms with Crippen molar-refractivity contribution in [2.24, 2.45) is 0 Å². The van der Waals surface area contributed by atoms with Gasteiger partial charge in [-0.05, 0) is 39.2 Å². The first kappa shape index (κ1) is 14.0. The van der Waals surface area contributed by atoms with Gasteiger partial charge in [-0.25, -0.2) is 0 Å². The second kappa shape index (κ2) is 9.00. The second-order valence-corrected chi connectivity index (χ2v) is 5.11. The Hall–Kier alpha value is -0.0800. The predicted molar refractivity (Wildman–Crippen MR) is 69.8 cm³/mol. The lowest BCUT2D eigenvalue weighted by Crippen LogP contribution is -2.22. The van der Waals surface area contributed by atoms with Crippen molar-refractivity contribution < 1.29 is 4.74 Å². The summed E-state index contributed by atoms with van der Waals surface area (Å²) in [6.45, 7) is 6.53. The average molecular weight is 227 g/mol. The van der Waals surface area contributed by atoms with Crippen LogP contribution in [0.15, 0.2) is 0 Å². The number of rotatable bonds is 11. The van der Waals surface area contributed by atoms with E-state index in [-0.39, 0.29) is 0 Å². The summed E-state index contributed by atoms with van der Waals surface area (Å²) in [6, 6.07) is 0.834. The van der Waals surface area contributed by atoms with Gasteiger partial charge in [0.1, 0.15) is 0 Å². The highest BCUT2D eigenvalue weighted by Crippen LogP contribution is 2.18. The normalized spacial score (nSPS) is 17.6. The monoisotopic (exact) mass is 227 g/mol. The Morgan fingerprint density at radius 3 is 2.62 bits per heavy atom. The van der Waals surface area contributed by atoms with Crippen molar-refractivity contribution in [3.63, 3.8) is 0 Å². The van der Waals surface area contributed by atoms with Crippen LogP contribution >= 0.6 is 0 Å². The Balaban J connectivity index is 1.76. The molecule has 0 heterocycles. The second-order valence-electron chi connectivity index (χ2n) is 5.11. The van der Waals surface area contributed by atoms with E-state index < -0.39 is 0 Å². The van der Waals surface area contributed by atoms with Gasteiger partial charge in [0.2, 0.25) is 0 Å². The first-order valence-corrected chi connectivity index (χ1v) is 7.18. The van der Waals surface area contributed by atoms with Gasteiger partial charge in [-0.1, -0.05) is 32.6 Å². The van der Waals surface area contributed by atoms with Crippen molar-refractivity contribution in [3.8, 4) is 0 Å². The Morgan fingerprint density at radius 1 is 1.19 bits per heavy atom. The van der Waals surface area contributed by atoms with Gasteiger partial charge >= 0.3 is 0 Å². The maximum atomic E-state index is 5.78. The predicted octanol–water partition coefficient (Wildman–Crippen LogP) is 3.50. The Labute approximate surface area is 101 Å². The molecule has 0 aromatic heterocycles. The van der Waals surface area contributed by atoms with Gasteiger partial charge in [0.25, 0.3) is 0 Å². The lowest BCUT2D eigenvalue weighted by atomic mass is 10.2. The molecular weight excluding hydrogens is 198 g/mol. The van der Waals surface area contributed by atoms with E-state index in [1.165, 1.54) is 44.9 Å². The van der Waals surface area contributed by atoms with Crippen molar-refractivity contribution >= 4 is 0 Å². The van der Waals surface area contributed by atoms with Crippen molar-refractivity contribution in [1.82, 2.24) is 5.32 Å². The Morgan fingerprint density at radius 2 is 1.94 bits per heavy atom. The lowest BCUT2D eigenvalue weighted by molar-refractivity contribution is 0.0576. The molecule has 2 heteroatoms. The molecule has 0 aromatic rings. The fourth-order valence-electron chi connectivity index (χ4n) is 1.85. The molecule has 0 radical (unpaired) electrons. The molecule has 1 rings (SSSR count). The lowest BCUT2D eigenvalue weighted by Gasteiger charge is -2.13. The van der Waals surface area contributed by atoms with Crippen LogP contribution in [-0.2, 0) is 4.74 Å². The van der Waals surface area contributed by atoms with Crippen LogP contribution in [0.3, 0.4) is 0 Å². The molecule has 2 nitrogen and oxygen atoms in total. The third kappa shape index (κ3) is 8.12. The Kier molecular flexibility index (Phi) is 7.87. The number of unbranched alkanes of at least 4 members (excludes halogenated alkanes) is 4. The van der Waals surface area contributed by atoms with E-state index in [1.807, 2.05) is 0 Å². The summed E-state index contributed by atoms with van der Waals surface area (Å²) in [6.07, 6.45) is 11.0. The summed E-state index contributed by atoms with van der Waals surface area (Å²) in [5.74, 6) is 0. The van der Waals surface area contributed by atoms with Crippen molar-refractivity contribution in [2.75, 3.05) is 13.2 Å². The molecular formula is C14H29NO. The summed E-state index contributed by atoms with van der Waals surface area (Å²) in [5.41, 5.74) is 0. The van der Waals surface area contributed by atoms with E-state index in [4.69, 9.17) is 4.74 Å². The van der Waals surface area contributed by atoms with E-state index in [0.29, 0.717) is 6.10 Å². The average Bonchev–Trinajstić information content (AvgIpc) is 3.07. The van der Waals surface area contributed by atoms with Crippen molar-refractivity contribution in [1.29, 1.82) is 0 Å². The van der Waals surface area contributed by atoms with Crippen molar-refractivity contribution in [3.05, 3.63) is 0 Å². The fourth-order valence-corrected chi connectivity index (χ4v) is 1.85. The molecule has 1 aliphatic rings. The van der Waals surface area contributed by atoms with Crippen LogP contribution in [0.2, 0.25) is 0 Å². The van der Waals surface area contributed by atoms with Crippen LogP contribution in [0.25, 0.3) is 0 Å². The van der Waals surface area contributed by atoms with E-state index in [0.717, 1.165) is 25.6 Å². The number of hydrogen-bond donors (Lipinski definition) is 1. The Bertz CT molecular complexity index is 157. The number of hydrogen-bond acceptors (Lipinski definition) is 2. The van der Waals surface area contributed by atoms with E-state index in [1.54, 1.807) is 0 Å². The molecule has 0 saturated heterocycles. The smallest absolute Gasteiger partial charge is 0.0559 e. The van der Waals surface area contributed by atoms with Gasteiger partial charge in [-0.3, -0.25) is 0 Å². The minimum absolute atomic E-state index is 0.428. The van der Waals surface area contributed by atoms with Gasteiger partial charge in [-0.15, -0.1) is 0 Å². The summed E-state index contributed by atoms with van der Waals surface area (Å²) < 4.78 is 5.78. The molecule has 0 spiro atoms.